The van der Waals surface area contributed by atoms with Crippen LogP contribution in [0.2, 0.25) is 0 Å². The Balaban J connectivity index is 2.22. The molecule has 1 saturated heterocycles. The highest BCUT2D eigenvalue weighted by Gasteiger charge is 2.33. The number of hydrogen-bond acceptors (Lipinski definition) is 4. The third-order valence-electron chi connectivity index (χ3n) is 4.57. The summed E-state index contributed by atoms with van der Waals surface area (Å²) in [5.41, 5.74) is 1.11. The molecule has 0 saturated carbocycles. The number of rotatable bonds is 7. The molecule has 0 aliphatic carbocycles. The molecule has 1 amide bonds. The van der Waals surface area contributed by atoms with Crippen molar-refractivity contribution in [2.24, 2.45) is 0 Å². The smallest absolute Gasteiger partial charge is 0.240 e. The van der Waals surface area contributed by atoms with Crippen LogP contribution in [0.5, 0.6) is 11.5 Å². The van der Waals surface area contributed by atoms with Crippen molar-refractivity contribution in [3.63, 3.8) is 0 Å². The summed E-state index contributed by atoms with van der Waals surface area (Å²) in [5.74, 6) is 1.62. The molecule has 1 aromatic rings. The number of carbonyl (C=O) groups is 1. The number of methoxy groups -OCH3 is 2. The van der Waals surface area contributed by atoms with Crippen LogP contribution >= 0.6 is 0 Å². The van der Waals surface area contributed by atoms with E-state index in [0.29, 0.717) is 17.5 Å². The topological polar surface area (TPSA) is 50.8 Å². The number of nitrogens with one attached hydrogen (secondary N) is 1. The minimum atomic E-state index is -0.120. The van der Waals surface area contributed by atoms with Gasteiger partial charge in [-0.1, -0.05) is 26.8 Å². The molecule has 0 unspecified atom stereocenters. The van der Waals surface area contributed by atoms with Crippen molar-refractivity contribution in [1.82, 2.24) is 10.2 Å². The van der Waals surface area contributed by atoms with Crippen molar-refractivity contribution in [2.75, 3.05) is 20.8 Å². The third kappa shape index (κ3) is 4.01. The van der Waals surface area contributed by atoms with Gasteiger partial charge in [-0.3, -0.25) is 4.79 Å². The third-order valence-corrected chi connectivity index (χ3v) is 4.57. The van der Waals surface area contributed by atoms with Crippen LogP contribution in [-0.4, -0.2) is 43.7 Å². The molecule has 134 valence electrons. The second-order valence-corrected chi connectivity index (χ2v) is 6.59. The van der Waals surface area contributed by atoms with Crippen molar-refractivity contribution in [3.8, 4) is 11.5 Å². The van der Waals surface area contributed by atoms with Gasteiger partial charge in [0.15, 0.2) is 11.5 Å². The number of hydrogen-bond donors (Lipinski definition) is 1. The lowest BCUT2D eigenvalue weighted by molar-refractivity contribution is -0.134. The first-order valence-electron chi connectivity index (χ1n) is 8.80. The maximum Gasteiger partial charge on any atom is 0.240 e. The van der Waals surface area contributed by atoms with Crippen LogP contribution in [0, 0.1) is 0 Å². The molecule has 0 radical (unpaired) electrons. The second-order valence-electron chi connectivity index (χ2n) is 6.59. The lowest BCUT2D eigenvalue weighted by Gasteiger charge is -2.30. The van der Waals surface area contributed by atoms with Gasteiger partial charge in [0.2, 0.25) is 5.91 Å². The van der Waals surface area contributed by atoms with E-state index in [0.717, 1.165) is 31.4 Å². The Bertz CT molecular complexity index is 560. The first-order chi connectivity index (χ1) is 11.5. The lowest BCUT2D eigenvalue weighted by Crippen LogP contribution is -2.48. The summed E-state index contributed by atoms with van der Waals surface area (Å²) in [6.07, 6.45) is 2.81. The zero-order valence-electron chi connectivity index (χ0n) is 15.5. The van der Waals surface area contributed by atoms with Gasteiger partial charge < -0.3 is 19.7 Å². The van der Waals surface area contributed by atoms with Crippen LogP contribution in [0.3, 0.4) is 0 Å². The van der Waals surface area contributed by atoms with E-state index >= 15 is 0 Å². The number of benzene rings is 1. The van der Waals surface area contributed by atoms with Crippen LogP contribution in [0.15, 0.2) is 18.2 Å². The van der Waals surface area contributed by atoms with Gasteiger partial charge in [-0.05, 0) is 37.0 Å². The molecular formula is C19H30N2O3. The predicted molar refractivity (Wildman–Crippen MR) is 95.6 cm³/mol. The Labute approximate surface area is 145 Å². The van der Waals surface area contributed by atoms with Crippen molar-refractivity contribution >= 4 is 5.91 Å². The number of nitrogens with zero attached hydrogens (tertiary/aromatic N) is 1. The number of likely N-dealkylation sites (tertiary alicyclic amines) is 1. The molecule has 1 heterocycles. The molecule has 2 atom stereocenters. The summed E-state index contributed by atoms with van der Waals surface area (Å²) in [6, 6.07) is 6.23. The summed E-state index contributed by atoms with van der Waals surface area (Å²) in [7, 11) is 3.27. The van der Waals surface area contributed by atoms with Gasteiger partial charge in [0, 0.05) is 12.6 Å². The van der Waals surface area contributed by atoms with Crippen LogP contribution in [0.4, 0.5) is 0 Å². The number of ether oxygens (including phenoxy) is 2. The van der Waals surface area contributed by atoms with E-state index in [1.807, 2.05) is 23.1 Å². The van der Waals surface area contributed by atoms with E-state index in [1.54, 1.807) is 14.2 Å². The zero-order valence-corrected chi connectivity index (χ0v) is 15.5. The monoisotopic (exact) mass is 334 g/mol. The van der Waals surface area contributed by atoms with E-state index in [4.69, 9.17) is 9.47 Å². The highest BCUT2D eigenvalue weighted by molar-refractivity contribution is 5.82. The second kappa shape index (κ2) is 8.38. The van der Waals surface area contributed by atoms with E-state index in [2.05, 4.69) is 26.1 Å². The predicted octanol–water partition coefficient (Wildman–Crippen LogP) is 3.14. The highest BCUT2D eigenvalue weighted by Crippen LogP contribution is 2.37. The molecule has 5 nitrogen and oxygen atoms in total. The number of carbonyl (C=O) groups excluding carboxylic acids is 1. The summed E-state index contributed by atoms with van der Waals surface area (Å²) >= 11 is 0. The van der Waals surface area contributed by atoms with Crippen molar-refractivity contribution < 1.29 is 14.3 Å². The average Bonchev–Trinajstić information content (AvgIpc) is 3.07. The summed E-state index contributed by atoms with van der Waals surface area (Å²) < 4.78 is 10.7. The molecule has 5 heteroatoms. The first-order valence-corrected chi connectivity index (χ1v) is 8.80. The minimum absolute atomic E-state index is 0.111. The maximum atomic E-state index is 13.0. The molecular weight excluding hydrogens is 304 g/mol. The number of amides is 1. The SMILES string of the molecule is CC[C@H](NC(C)C)C(=O)N1CCC[C@H]1c1ccc(OC)c(OC)c1. The molecule has 2 rings (SSSR count). The summed E-state index contributed by atoms with van der Waals surface area (Å²) in [4.78, 5) is 15.0. The Kier molecular flexibility index (Phi) is 6.49. The standard InChI is InChI=1S/C19H30N2O3/c1-6-15(20-13(2)3)19(22)21-11-7-8-16(21)14-9-10-17(23-4)18(12-14)24-5/h9-10,12-13,15-16,20H,6-8,11H2,1-5H3/t15-,16-/m0/s1. The molecule has 1 aromatic carbocycles. The van der Waals surface area contributed by atoms with Gasteiger partial charge in [-0.15, -0.1) is 0 Å². The molecule has 24 heavy (non-hydrogen) atoms. The summed E-state index contributed by atoms with van der Waals surface area (Å²) in [6.45, 7) is 7.02. The zero-order chi connectivity index (χ0) is 17.7. The van der Waals surface area contributed by atoms with Crippen molar-refractivity contribution in [2.45, 2.75) is 58.2 Å². The molecule has 1 aliphatic heterocycles. The Morgan fingerprint density at radius 3 is 2.58 bits per heavy atom. The van der Waals surface area contributed by atoms with Crippen molar-refractivity contribution in [3.05, 3.63) is 23.8 Å². The van der Waals surface area contributed by atoms with E-state index < -0.39 is 0 Å². The largest absolute Gasteiger partial charge is 0.493 e. The fourth-order valence-corrected chi connectivity index (χ4v) is 3.40. The van der Waals surface area contributed by atoms with Crippen LogP contribution in [0.25, 0.3) is 0 Å². The molecule has 0 aromatic heterocycles. The molecule has 1 N–H and O–H groups in total. The minimum Gasteiger partial charge on any atom is -0.493 e. The highest BCUT2D eigenvalue weighted by atomic mass is 16.5. The van der Waals surface area contributed by atoms with Crippen LogP contribution in [0.1, 0.15) is 51.6 Å². The van der Waals surface area contributed by atoms with E-state index in [-0.39, 0.29) is 18.0 Å². The molecule has 0 bridgehead atoms. The Morgan fingerprint density at radius 2 is 2.00 bits per heavy atom. The van der Waals surface area contributed by atoms with Gasteiger partial charge in [-0.2, -0.15) is 0 Å². The van der Waals surface area contributed by atoms with Gasteiger partial charge in [-0.25, -0.2) is 0 Å². The quantitative estimate of drug-likeness (QED) is 0.832. The van der Waals surface area contributed by atoms with Crippen molar-refractivity contribution in [1.29, 1.82) is 0 Å². The fourth-order valence-electron chi connectivity index (χ4n) is 3.40. The van der Waals surface area contributed by atoms with E-state index in [9.17, 15) is 4.79 Å². The van der Waals surface area contributed by atoms with E-state index in [1.165, 1.54) is 0 Å². The molecule has 1 aliphatic rings. The first kappa shape index (κ1) is 18.6. The average molecular weight is 334 g/mol. The van der Waals surface area contributed by atoms with Gasteiger partial charge >= 0.3 is 0 Å². The Morgan fingerprint density at radius 1 is 1.29 bits per heavy atom. The molecule has 1 fully saturated rings. The summed E-state index contributed by atoms with van der Waals surface area (Å²) in [5, 5.41) is 3.38. The maximum absolute atomic E-state index is 13.0. The fraction of sp³-hybridized carbons (Fsp3) is 0.632. The Hall–Kier alpha value is -1.75. The van der Waals surface area contributed by atoms with Crippen LogP contribution in [-0.2, 0) is 4.79 Å². The van der Waals surface area contributed by atoms with Crippen LogP contribution < -0.4 is 14.8 Å². The lowest BCUT2D eigenvalue weighted by atomic mass is 10.0. The van der Waals surface area contributed by atoms with Gasteiger partial charge in [0.05, 0.1) is 26.3 Å². The van der Waals surface area contributed by atoms with Gasteiger partial charge in [0.1, 0.15) is 0 Å². The molecule has 0 spiro atoms. The van der Waals surface area contributed by atoms with Gasteiger partial charge in [0.25, 0.3) is 0 Å². The normalized spacial score (nSPS) is 18.8.